The molecular formula is C19H16N2O4. The van der Waals surface area contributed by atoms with Crippen molar-refractivity contribution >= 4 is 11.8 Å². The molecule has 0 aliphatic carbocycles. The quantitative estimate of drug-likeness (QED) is 0.784. The minimum absolute atomic E-state index is 0.220. The van der Waals surface area contributed by atoms with E-state index >= 15 is 0 Å². The van der Waals surface area contributed by atoms with E-state index < -0.39 is 0 Å². The average molecular weight is 336 g/mol. The number of methoxy groups -OCH3 is 2. The number of fused-ring (bicyclic) bond motifs is 1. The molecule has 2 aromatic carbocycles. The summed E-state index contributed by atoms with van der Waals surface area (Å²) in [4.78, 5) is 26.1. The van der Waals surface area contributed by atoms with Crippen LogP contribution in [0, 0.1) is 11.3 Å². The van der Waals surface area contributed by atoms with Crippen LogP contribution in [0.15, 0.2) is 36.4 Å². The minimum Gasteiger partial charge on any atom is -0.496 e. The molecule has 0 unspecified atom stereocenters. The number of nitriles is 1. The second kappa shape index (κ2) is 6.65. The normalized spacial score (nSPS) is 12.8. The predicted molar refractivity (Wildman–Crippen MR) is 89.8 cm³/mol. The third kappa shape index (κ3) is 2.81. The number of rotatable bonds is 5. The fourth-order valence-corrected chi connectivity index (χ4v) is 2.92. The van der Waals surface area contributed by atoms with Crippen molar-refractivity contribution in [1.82, 2.24) is 4.90 Å². The Morgan fingerprint density at radius 3 is 2.12 bits per heavy atom. The van der Waals surface area contributed by atoms with Gasteiger partial charge in [0.25, 0.3) is 11.8 Å². The summed E-state index contributed by atoms with van der Waals surface area (Å²) in [6, 6.07) is 12.1. The summed E-state index contributed by atoms with van der Waals surface area (Å²) in [6.45, 7) is 0.220. The lowest BCUT2D eigenvalue weighted by Gasteiger charge is -2.16. The first-order chi connectivity index (χ1) is 12.1. The molecule has 25 heavy (non-hydrogen) atoms. The van der Waals surface area contributed by atoms with Gasteiger partial charge in [0, 0.05) is 12.6 Å². The summed E-state index contributed by atoms with van der Waals surface area (Å²) >= 11 is 0. The van der Waals surface area contributed by atoms with E-state index in [0.29, 0.717) is 34.6 Å². The molecule has 1 heterocycles. The van der Waals surface area contributed by atoms with Gasteiger partial charge in [0.15, 0.2) is 0 Å². The van der Waals surface area contributed by atoms with Gasteiger partial charge in [0.2, 0.25) is 0 Å². The van der Waals surface area contributed by atoms with Crippen LogP contribution in [0.2, 0.25) is 0 Å². The Hall–Kier alpha value is -3.33. The largest absolute Gasteiger partial charge is 0.496 e. The summed E-state index contributed by atoms with van der Waals surface area (Å²) in [5.74, 6) is 0.370. The summed E-state index contributed by atoms with van der Waals surface area (Å²) in [5.41, 5.74) is 1.98. The van der Waals surface area contributed by atoms with Crippen LogP contribution in [0.3, 0.4) is 0 Å². The fourth-order valence-electron chi connectivity index (χ4n) is 2.92. The van der Waals surface area contributed by atoms with Crippen LogP contribution in [0.1, 0.15) is 31.8 Å². The summed E-state index contributed by atoms with van der Waals surface area (Å²) in [5, 5.41) is 9.15. The Bertz CT molecular complexity index is 864. The predicted octanol–water partition coefficient (Wildman–Crippen LogP) is 2.41. The van der Waals surface area contributed by atoms with Crippen LogP contribution in [0.25, 0.3) is 0 Å². The summed E-state index contributed by atoms with van der Waals surface area (Å²) < 4.78 is 10.5. The maximum Gasteiger partial charge on any atom is 0.261 e. The van der Waals surface area contributed by atoms with Gasteiger partial charge in [-0.3, -0.25) is 14.5 Å². The van der Waals surface area contributed by atoms with Crippen LogP contribution >= 0.6 is 0 Å². The van der Waals surface area contributed by atoms with Crippen LogP contribution < -0.4 is 9.47 Å². The van der Waals surface area contributed by atoms with Crippen LogP contribution in [0.4, 0.5) is 0 Å². The lowest BCUT2D eigenvalue weighted by atomic mass is 10.1. The van der Waals surface area contributed by atoms with Crippen molar-refractivity contribution in [3.63, 3.8) is 0 Å². The van der Waals surface area contributed by atoms with E-state index in [4.69, 9.17) is 14.7 Å². The van der Waals surface area contributed by atoms with Gasteiger partial charge in [-0.05, 0) is 30.2 Å². The average Bonchev–Trinajstić information content (AvgIpc) is 2.90. The minimum atomic E-state index is -0.292. The molecule has 0 aromatic heterocycles. The van der Waals surface area contributed by atoms with Gasteiger partial charge < -0.3 is 9.47 Å². The molecule has 1 aliphatic heterocycles. The number of benzene rings is 2. The van der Waals surface area contributed by atoms with Gasteiger partial charge in [-0.15, -0.1) is 0 Å². The first kappa shape index (κ1) is 16.5. The lowest BCUT2D eigenvalue weighted by Crippen LogP contribution is -2.31. The topological polar surface area (TPSA) is 79.6 Å². The van der Waals surface area contributed by atoms with Gasteiger partial charge in [-0.25, -0.2) is 0 Å². The van der Waals surface area contributed by atoms with Crippen molar-refractivity contribution in [3.8, 4) is 17.6 Å². The van der Waals surface area contributed by atoms with Gasteiger partial charge in [0.05, 0.1) is 30.9 Å². The van der Waals surface area contributed by atoms with E-state index in [1.165, 1.54) is 19.1 Å². The second-order valence-corrected chi connectivity index (χ2v) is 5.53. The Morgan fingerprint density at radius 1 is 1.00 bits per heavy atom. The SMILES string of the molecule is COc1cc(CCN2C(=O)c3ccccc3C2=O)c(OC)cc1C#N. The molecule has 1 aliphatic rings. The lowest BCUT2D eigenvalue weighted by molar-refractivity contribution is 0.0656. The molecule has 2 aromatic rings. The van der Waals surface area contributed by atoms with E-state index in [0.717, 1.165) is 5.56 Å². The maximum absolute atomic E-state index is 12.4. The number of hydrogen-bond acceptors (Lipinski definition) is 5. The molecule has 126 valence electrons. The van der Waals surface area contributed by atoms with Crippen molar-refractivity contribution in [1.29, 1.82) is 5.26 Å². The molecule has 0 N–H and O–H groups in total. The third-order valence-electron chi connectivity index (χ3n) is 4.21. The number of carbonyl (C=O) groups is 2. The highest BCUT2D eigenvalue weighted by molar-refractivity contribution is 6.21. The molecule has 3 rings (SSSR count). The molecule has 2 amide bonds. The van der Waals surface area contributed by atoms with Crippen molar-refractivity contribution in [2.45, 2.75) is 6.42 Å². The summed E-state index contributed by atoms with van der Waals surface area (Å²) in [7, 11) is 2.99. The number of amides is 2. The monoisotopic (exact) mass is 336 g/mol. The Balaban J connectivity index is 1.84. The first-order valence-electron chi connectivity index (χ1n) is 7.71. The molecule has 0 saturated heterocycles. The standard InChI is InChI=1S/C19H16N2O4/c1-24-16-10-13(11-20)17(25-2)9-12(16)7-8-21-18(22)14-5-3-4-6-15(14)19(21)23/h3-6,9-10H,7-8H2,1-2H3. The van der Waals surface area contributed by atoms with Crippen molar-refractivity contribution in [2.75, 3.05) is 20.8 Å². The van der Waals surface area contributed by atoms with Gasteiger partial charge >= 0.3 is 0 Å². The second-order valence-electron chi connectivity index (χ2n) is 5.53. The molecule has 0 bridgehead atoms. The third-order valence-corrected chi connectivity index (χ3v) is 4.21. The number of ether oxygens (including phenoxy) is 2. The molecule has 0 saturated carbocycles. The maximum atomic E-state index is 12.4. The van der Waals surface area contributed by atoms with E-state index in [1.54, 1.807) is 36.4 Å². The van der Waals surface area contributed by atoms with Crippen molar-refractivity contribution in [3.05, 3.63) is 58.7 Å². The zero-order valence-electron chi connectivity index (χ0n) is 13.9. The molecule has 0 atom stereocenters. The molecule has 6 nitrogen and oxygen atoms in total. The van der Waals surface area contributed by atoms with E-state index in [2.05, 4.69) is 0 Å². The summed E-state index contributed by atoms with van der Waals surface area (Å²) in [6.07, 6.45) is 0.400. The number of hydrogen-bond donors (Lipinski definition) is 0. The van der Waals surface area contributed by atoms with E-state index in [-0.39, 0.29) is 18.4 Å². The molecule has 0 radical (unpaired) electrons. The molecular weight excluding hydrogens is 320 g/mol. The van der Waals surface area contributed by atoms with Crippen molar-refractivity contribution < 1.29 is 19.1 Å². The Morgan fingerprint density at radius 2 is 1.60 bits per heavy atom. The zero-order valence-corrected chi connectivity index (χ0v) is 13.9. The molecule has 6 heteroatoms. The van der Waals surface area contributed by atoms with Crippen LogP contribution in [-0.4, -0.2) is 37.5 Å². The number of imide groups is 1. The van der Waals surface area contributed by atoms with Gasteiger partial charge in [-0.2, -0.15) is 5.26 Å². The smallest absolute Gasteiger partial charge is 0.261 e. The Labute approximate surface area is 145 Å². The highest BCUT2D eigenvalue weighted by Crippen LogP contribution is 2.30. The van der Waals surface area contributed by atoms with E-state index in [9.17, 15) is 9.59 Å². The zero-order chi connectivity index (χ0) is 18.0. The first-order valence-corrected chi connectivity index (χ1v) is 7.71. The van der Waals surface area contributed by atoms with Gasteiger partial charge in [0.1, 0.15) is 17.6 Å². The van der Waals surface area contributed by atoms with Crippen LogP contribution in [0.5, 0.6) is 11.5 Å². The Kier molecular flexibility index (Phi) is 4.40. The molecule has 0 fully saturated rings. The number of carbonyl (C=O) groups excluding carboxylic acids is 2. The highest BCUT2D eigenvalue weighted by atomic mass is 16.5. The van der Waals surface area contributed by atoms with Crippen molar-refractivity contribution in [2.24, 2.45) is 0 Å². The highest BCUT2D eigenvalue weighted by Gasteiger charge is 2.34. The van der Waals surface area contributed by atoms with Gasteiger partial charge in [-0.1, -0.05) is 12.1 Å². The van der Waals surface area contributed by atoms with Crippen LogP contribution in [-0.2, 0) is 6.42 Å². The van der Waals surface area contributed by atoms with E-state index in [1.807, 2.05) is 6.07 Å². The number of nitrogens with zero attached hydrogens (tertiary/aromatic N) is 2. The molecule has 0 spiro atoms. The fraction of sp³-hybridized carbons (Fsp3) is 0.211.